The van der Waals surface area contributed by atoms with Gasteiger partial charge in [0.2, 0.25) is 11.4 Å². The topological polar surface area (TPSA) is 81.7 Å². The van der Waals surface area contributed by atoms with Crippen molar-refractivity contribution in [1.82, 2.24) is 5.32 Å². The van der Waals surface area contributed by atoms with Crippen LogP contribution in [0.25, 0.3) is 0 Å². The zero-order valence-electron chi connectivity index (χ0n) is 10.5. The molecule has 0 saturated carbocycles. The number of ether oxygens (including phenoxy) is 2. The molecule has 1 aliphatic heterocycles. The lowest BCUT2D eigenvalue weighted by Gasteiger charge is -2.24. The van der Waals surface area contributed by atoms with Gasteiger partial charge in [-0.15, -0.1) is 0 Å². The lowest BCUT2D eigenvalue weighted by atomic mass is 9.89. The molecule has 2 atom stereocenters. The number of esters is 2. The van der Waals surface area contributed by atoms with Crippen LogP contribution in [0.4, 0.5) is 0 Å². The minimum Gasteiger partial charge on any atom is -0.464 e. The van der Waals surface area contributed by atoms with Crippen molar-refractivity contribution in [3.05, 3.63) is 0 Å². The maximum atomic E-state index is 12.0. The van der Waals surface area contributed by atoms with Gasteiger partial charge in [-0.1, -0.05) is 15.9 Å². The Morgan fingerprint density at radius 1 is 1.56 bits per heavy atom. The molecule has 0 unspecified atom stereocenters. The molecule has 1 amide bonds. The molecule has 0 aliphatic carbocycles. The molecule has 1 rings (SSSR count). The summed E-state index contributed by atoms with van der Waals surface area (Å²) >= 11 is 3.22. The van der Waals surface area contributed by atoms with E-state index in [-0.39, 0.29) is 13.0 Å². The van der Waals surface area contributed by atoms with Crippen molar-refractivity contribution in [3.63, 3.8) is 0 Å². The summed E-state index contributed by atoms with van der Waals surface area (Å²) in [4.78, 5) is 35.1. The fourth-order valence-electron chi connectivity index (χ4n) is 1.91. The molecular weight excluding hydrogens is 306 g/mol. The van der Waals surface area contributed by atoms with Gasteiger partial charge in [0.15, 0.2) is 0 Å². The Labute approximate surface area is 114 Å². The first-order chi connectivity index (χ1) is 8.29. The van der Waals surface area contributed by atoms with Gasteiger partial charge in [-0.05, 0) is 13.8 Å². The average molecular weight is 322 g/mol. The number of nitrogens with one attached hydrogen (secondary N) is 1. The molecule has 18 heavy (non-hydrogen) atoms. The summed E-state index contributed by atoms with van der Waals surface area (Å²) in [6.07, 6.45) is 0.0441. The monoisotopic (exact) mass is 321 g/mol. The summed E-state index contributed by atoms with van der Waals surface area (Å²) in [7, 11) is 0. The summed E-state index contributed by atoms with van der Waals surface area (Å²) in [5, 5.41) is 2.74. The number of carbonyl (C=O) groups excluding carboxylic acids is 3. The summed E-state index contributed by atoms with van der Waals surface area (Å²) in [5.74, 6) is -2.05. The lowest BCUT2D eigenvalue weighted by Crippen LogP contribution is -2.58. The number of amides is 1. The van der Waals surface area contributed by atoms with Gasteiger partial charge < -0.3 is 14.8 Å². The van der Waals surface area contributed by atoms with Crippen LogP contribution in [0.1, 0.15) is 27.2 Å². The molecule has 0 spiro atoms. The van der Waals surface area contributed by atoms with Crippen LogP contribution in [0.3, 0.4) is 0 Å². The van der Waals surface area contributed by atoms with Crippen LogP contribution in [0.5, 0.6) is 0 Å². The van der Waals surface area contributed by atoms with Gasteiger partial charge in [0.05, 0.1) is 6.61 Å². The van der Waals surface area contributed by atoms with E-state index in [1.807, 2.05) is 0 Å². The first kappa shape index (κ1) is 14.9. The van der Waals surface area contributed by atoms with Crippen LogP contribution in [0.2, 0.25) is 0 Å². The summed E-state index contributed by atoms with van der Waals surface area (Å²) < 4.78 is 10.0. The van der Waals surface area contributed by atoms with Gasteiger partial charge >= 0.3 is 11.9 Å². The predicted octanol–water partition coefficient (Wildman–Crippen LogP) is 0.525. The van der Waals surface area contributed by atoms with E-state index in [0.29, 0.717) is 5.33 Å². The molecule has 0 aromatic rings. The molecule has 0 aromatic carbocycles. The largest absolute Gasteiger partial charge is 0.464 e. The van der Waals surface area contributed by atoms with Crippen molar-refractivity contribution in [2.45, 2.75) is 38.3 Å². The molecule has 1 fully saturated rings. The van der Waals surface area contributed by atoms with Crippen LogP contribution < -0.4 is 5.32 Å². The SMILES string of the molecule is CCOC(=O)[C@@]1(NC(C)=O)C[C@@](C)(CBr)OC1=O. The molecule has 0 radical (unpaired) electrons. The molecule has 0 aromatic heterocycles. The number of carbonyl (C=O) groups is 3. The van der Waals surface area contributed by atoms with Gasteiger partial charge in [0.1, 0.15) is 5.60 Å². The van der Waals surface area contributed by atoms with Crippen molar-refractivity contribution in [3.8, 4) is 0 Å². The predicted molar refractivity (Wildman–Crippen MR) is 66.1 cm³/mol. The van der Waals surface area contributed by atoms with E-state index in [0.717, 1.165) is 0 Å². The Morgan fingerprint density at radius 2 is 2.17 bits per heavy atom. The number of hydrogen-bond donors (Lipinski definition) is 1. The Morgan fingerprint density at radius 3 is 2.56 bits per heavy atom. The first-order valence-electron chi connectivity index (χ1n) is 5.55. The molecular formula is C11H16BrNO5. The van der Waals surface area contributed by atoms with Crippen molar-refractivity contribution in [1.29, 1.82) is 0 Å². The molecule has 1 saturated heterocycles. The number of halogens is 1. The molecule has 1 N–H and O–H groups in total. The second-order valence-electron chi connectivity index (χ2n) is 4.46. The fraction of sp³-hybridized carbons (Fsp3) is 0.727. The molecule has 1 aliphatic rings. The van der Waals surface area contributed by atoms with E-state index in [4.69, 9.17) is 9.47 Å². The molecule has 102 valence electrons. The highest BCUT2D eigenvalue weighted by Gasteiger charge is 2.61. The molecule has 7 heteroatoms. The van der Waals surface area contributed by atoms with Gasteiger partial charge in [-0.2, -0.15) is 0 Å². The third kappa shape index (κ3) is 2.66. The standard InChI is InChI=1S/C11H16BrNO5/c1-4-17-8(15)11(13-7(2)14)5-10(3,6-12)18-9(11)16/h4-6H2,1-3H3,(H,13,14)/t10-,11-/m0/s1. The Balaban J connectivity index is 3.10. The van der Waals surface area contributed by atoms with Crippen LogP contribution in [0.15, 0.2) is 0 Å². The highest BCUT2D eigenvalue weighted by molar-refractivity contribution is 9.09. The molecule has 6 nitrogen and oxygen atoms in total. The summed E-state index contributed by atoms with van der Waals surface area (Å²) in [6.45, 7) is 4.67. The maximum absolute atomic E-state index is 12.0. The van der Waals surface area contributed by atoms with Crippen LogP contribution >= 0.6 is 15.9 Å². The van der Waals surface area contributed by atoms with Crippen molar-refractivity contribution < 1.29 is 23.9 Å². The second kappa shape index (κ2) is 5.26. The first-order valence-corrected chi connectivity index (χ1v) is 6.67. The smallest absolute Gasteiger partial charge is 0.344 e. The zero-order valence-corrected chi connectivity index (χ0v) is 12.1. The highest BCUT2D eigenvalue weighted by Crippen LogP contribution is 2.36. The van der Waals surface area contributed by atoms with E-state index >= 15 is 0 Å². The third-order valence-electron chi connectivity index (χ3n) is 2.62. The van der Waals surface area contributed by atoms with E-state index in [9.17, 15) is 14.4 Å². The Hall–Kier alpha value is -1.11. The lowest BCUT2D eigenvalue weighted by molar-refractivity contribution is -0.162. The zero-order chi connectivity index (χ0) is 14.0. The quantitative estimate of drug-likeness (QED) is 0.464. The van der Waals surface area contributed by atoms with Gasteiger partial charge in [0, 0.05) is 18.7 Å². The minimum absolute atomic E-state index is 0.0441. The van der Waals surface area contributed by atoms with E-state index in [1.165, 1.54) is 6.92 Å². The summed E-state index contributed by atoms with van der Waals surface area (Å²) in [5.41, 5.74) is -2.57. The fourth-order valence-corrected chi connectivity index (χ4v) is 2.22. The summed E-state index contributed by atoms with van der Waals surface area (Å²) in [6, 6.07) is 0. The van der Waals surface area contributed by atoms with Crippen molar-refractivity contribution >= 4 is 33.8 Å². The average Bonchev–Trinajstić information content (AvgIpc) is 2.52. The number of hydrogen-bond acceptors (Lipinski definition) is 5. The van der Waals surface area contributed by atoms with Crippen molar-refractivity contribution in [2.75, 3.05) is 11.9 Å². The second-order valence-corrected chi connectivity index (χ2v) is 5.02. The Kier molecular flexibility index (Phi) is 4.37. The van der Waals surface area contributed by atoms with Gasteiger partial charge in [-0.3, -0.25) is 4.79 Å². The van der Waals surface area contributed by atoms with Gasteiger partial charge in [0.25, 0.3) is 0 Å². The minimum atomic E-state index is -1.73. The van der Waals surface area contributed by atoms with E-state index in [2.05, 4.69) is 21.2 Å². The maximum Gasteiger partial charge on any atom is 0.344 e. The number of rotatable bonds is 4. The van der Waals surface area contributed by atoms with Crippen LogP contribution in [-0.2, 0) is 23.9 Å². The van der Waals surface area contributed by atoms with E-state index in [1.54, 1.807) is 13.8 Å². The molecule has 1 heterocycles. The Bertz CT molecular complexity index is 376. The molecule has 0 bridgehead atoms. The highest BCUT2D eigenvalue weighted by atomic mass is 79.9. The number of cyclic esters (lactones) is 1. The van der Waals surface area contributed by atoms with Crippen molar-refractivity contribution in [2.24, 2.45) is 0 Å². The normalized spacial score (nSPS) is 30.8. The van der Waals surface area contributed by atoms with E-state index < -0.39 is 29.0 Å². The third-order valence-corrected chi connectivity index (χ3v) is 3.81. The van der Waals surface area contributed by atoms with Crippen LogP contribution in [0, 0.1) is 0 Å². The number of alkyl halides is 1. The van der Waals surface area contributed by atoms with Crippen LogP contribution in [-0.4, -0.2) is 40.9 Å². The van der Waals surface area contributed by atoms with Gasteiger partial charge in [-0.25, -0.2) is 9.59 Å².